The van der Waals surface area contributed by atoms with Crippen LogP contribution in [0.15, 0.2) is 24.3 Å². The third-order valence-corrected chi connectivity index (χ3v) is 2.01. The first-order valence-corrected chi connectivity index (χ1v) is 5.34. The van der Waals surface area contributed by atoms with E-state index in [1.54, 1.807) is 12.1 Å². The van der Waals surface area contributed by atoms with Gasteiger partial charge in [-0.2, -0.15) is 15.0 Å². The lowest BCUT2D eigenvalue weighted by Gasteiger charge is -2.07. The summed E-state index contributed by atoms with van der Waals surface area (Å²) in [5.41, 5.74) is 6.17. The van der Waals surface area contributed by atoms with Gasteiger partial charge in [0.1, 0.15) is 5.82 Å². The number of aromatic nitrogens is 3. The van der Waals surface area contributed by atoms with Crippen molar-refractivity contribution in [3.63, 3.8) is 0 Å². The third kappa shape index (κ3) is 3.03. The van der Waals surface area contributed by atoms with Crippen molar-refractivity contribution < 1.29 is 9.13 Å². The molecule has 0 radical (unpaired) electrons. The Balaban J connectivity index is 2.20. The van der Waals surface area contributed by atoms with Crippen LogP contribution in [0.4, 0.5) is 22.0 Å². The maximum atomic E-state index is 12.7. The zero-order valence-electron chi connectivity index (χ0n) is 9.72. The lowest BCUT2D eigenvalue weighted by Crippen LogP contribution is -2.06. The molecule has 2 rings (SSSR count). The van der Waals surface area contributed by atoms with Gasteiger partial charge in [-0.1, -0.05) is 0 Å². The van der Waals surface area contributed by atoms with Crippen LogP contribution in [0.2, 0.25) is 0 Å². The van der Waals surface area contributed by atoms with E-state index < -0.39 is 0 Å². The maximum Gasteiger partial charge on any atom is 0.323 e. The monoisotopic (exact) mass is 249 g/mol. The zero-order chi connectivity index (χ0) is 13.0. The van der Waals surface area contributed by atoms with Crippen LogP contribution in [0, 0.1) is 5.82 Å². The molecule has 0 atom stereocenters. The van der Waals surface area contributed by atoms with Crippen molar-refractivity contribution in [2.24, 2.45) is 0 Å². The summed E-state index contributed by atoms with van der Waals surface area (Å²) in [6.07, 6.45) is 0. The van der Waals surface area contributed by atoms with Gasteiger partial charge in [0, 0.05) is 5.69 Å². The minimum Gasteiger partial charge on any atom is -0.464 e. The molecule has 7 heteroatoms. The third-order valence-electron chi connectivity index (χ3n) is 2.01. The highest BCUT2D eigenvalue weighted by molar-refractivity contribution is 5.53. The lowest BCUT2D eigenvalue weighted by atomic mass is 10.3. The summed E-state index contributed by atoms with van der Waals surface area (Å²) in [5.74, 6) is -0.0127. The van der Waals surface area contributed by atoms with Gasteiger partial charge in [-0.15, -0.1) is 0 Å². The topological polar surface area (TPSA) is 86.0 Å². The SMILES string of the molecule is CCOc1nc(N)nc(Nc2ccc(F)cc2)n1. The van der Waals surface area contributed by atoms with Crippen molar-refractivity contribution in [3.05, 3.63) is 30.1 Å². The minimum atomic E-state index is -0.314. The molecule has 0 fully saturated rings. The van der Waals surface area contributed by atoms with Crippen LogP contribution < -0.4 is 15.8 Å². The van der Waals surface area contributed by atoms with E-state index >= 15 is 0 Å². The molecule has 94 valence electrons. The number of nitrogen functional groups attached to an aromatic ring is 1. The predicted molar refractivity (Wildman–Crippen MR) is 65.1 cm³/mol. The second kappa shape index (κ2) is 5.26. The molecule has 0 aliphatic heterocycles. The smallest absolute Gasteiger partial charge is 0.323 e. The van der Waals surface area contributed by atoms with E-state index in [9.17, 15) is 4.39 Å². The summed E-state index contributed by atoms with van der Waals surface area (Å²) in [7, 11) is 0. The highest BCUT2D eigenvalue weighted by atomic mass is 19.1. The Bertz CT molecular complexity index is 531. The fraction of sp³-hybridized carbons (Fsp3) is 0.182. The van der Waals surface area contributed by atoms with Gasteiger partial charge in [0.15, 0.2) is 0 Å². The molecule has 0 spiro atoms. The summed E-state index contributed by atoms with van der Waals surface area (Å²) >= 11 is 0. The van der Waals surface area contributed by atoms with E-state index in [2.05, 4.69) is 20.3 Å². The van der Waals surface area contributed by atoms with Crippen molar-refractivity contribution in [2.45, 2.75) is 6.92 Å². The standard InChI is InChI=1S/C11H12FN5O/c1-2-18-11-16-9(13)15-10(17-11)14-8-5-3-7(12)4-6-8/h3-6H,2H2,1H3,(H3,13,14,15,16,17). The van der Waals surface area contributed by atoms with Crippen LogP contribution >= 0.6 is 0 Å². The molecular formula is C11H12FN5O. The molecule has 2 aromatic rings. The van der Waals surface area contributed by atoms with Crippen LogP contribution in [-0.2, 0) is 0 Å². The van der Waals surface area contributed by atoms with E-state index in [0.717, 1.165) is 0 Å². The molecule has 0 bridgehead atoms. The van der Waals surface area contributed by atoms with Gasteiger partial charge in [-0.3, -0.25) is 0 Å². The first kappa shape index (κ1) is 12.0. The first-order valence-electron chi connectivity index (χ1n) is 5.34. The molecule has 1 heterocycles. The Morgan fingerprint density at radius 1 is 1.22 bits per heavy atom. The quantitative estimate of drug-likeness (QED) is 0.858. The molecule has 1 aromatic carbocycles. The molecule has 0 saturated carbocycles. The second-order valence-corrected chi connectivity index (χ2v) is 3.36. The van der Waals surface area contributed by atoms with Crippen LogP contribution in [0.1, 0.15) is 6.92 Å². The fourth-order valence-corrected chi connectivity index (χ4v) is 1.28. The van der Waals surface area contributed by atoms with Crippen LogP contribution in [0.5, 0.6) is 6.01 Å². The Morgan fingerprint density at radius 3 is 2.61 bits per heavy atom. The van der Waals surface area contributed by atoms with Crippen LogP contribution in [-0.4, -0.2) is 21.6 Å². The van der Waals surface area contributed by atoms with Gasteiger partial charge in [0.25, 0.3) is 0 Å². The summed E-state index contributed by atoms with van der Waals surface area (Å²) in [5, 5.41) is 2.88. The molecule has 0 amide bonds. The number of nitrogens with one attached hydrogen (secondary N) is 1. The highest BCUT2D eigenvalue weighted by Gasteiger charge is 2.05. The zero-order valence-corrected chi connectivity index (χ0v) is 9.72. The summed E-state index contributed by atoms with van der Waals surface area (Å²) in [6.45, 7) is 2.24. The molecule has 6 nitrogen and oxygen atoms in total. The summed E-state index contributed by atoms with van der Waals surface area (Å²) in [6, 6.07) is 5.94. The number of anilines is 3. The second-order valence-electron chi connectivity index (χ2n) is 3.36. The Kier molecular flexibility index (Phi) is 3.52. The largest absolute Gasteiger partial charge is 0.464 e. The molecule has 0 aliphatic carbocycles. The van der Waals surface area contributed by atoms with Gasteiger partial charge in [0.05, 0.1) is 6.61 Å². The van der Waals surface area contributed by atoms with E-state index in [0.29, 0.717) is 12.3 Å². The van der Waals surface area contributed by atoms with Crippen molar-refractivity contribution in [2.75, 3.05) is 17.7 Å². The van der Waals surface area contributed by atoms with Crippen LogP contribution in [0.3, 0.4) is 0 Å². The van der Waals surface area contributed by atoms with Gasteiger partial charge in [-0.25, -0.2) is 4.39 Å². The van der Waals surface area contributed by atoms with Crippen molar-refractivity contribution >= 4 is 17.6 Å². The molecule has 0 unspecified atom stereocenters. The number of nitrogens with two attached hydrogens (primary N) is 1. The molecular weight excluding hydrogens is 237 g/mol. The normalized spacial score (nSPS) is 10.1. The average Bonchev–Trinajstić information content (AvgIpc) is 2.32. The molecule has 3 N–H and O–H groups in total. The van der Waals surface area contributed by atoms with Crippen molar-refractivity contribution in [3.8, 4) is 6.01 Å². The van der Waals surface area contributed by atoms with Crippen molar-refractivity contribution in [1.82, 2.24) is 15.0 Å². The lowest BCUT2D eigenvalue weighted by molar-refractivity contribution is 0.312. The number of rotatable bonds is 4. The number of hydrogen-bond donors (Lipinski definition) is 2. The van der Waals surface area contributed by atoms with E-state index in [1.807, 2.05) is 6.92 Å². The van der Waals surface area contributed by atoms with Crippen LogP contribution in [0.25, 0.3) is 0 Å². The van der Waals surface area contributed by atoms with E-state index in [1.165, 1.54) is 12.1 Å². The van der Waals surface area contributed by atoms with Crippen molar-refractivity contribution in [1.29, 1.82) is 0 Å². The Labute approximate surface area is 103 Å². The van der Waals surface area contributed by atoms with Gasteiger partial charge in [0.2, 0.25) is 11.9 Å². The summed E-state index contributed by atoms with van der Waals surface area (Å²) < 4.78 is 17.9. The number of ether oxygens (including phenoxy) is 1. The van der Waals surface area contributed by atoms with E-state index in [4.69, 9.17) is 10.5 Å². The maximum absolute atomic E-state index is 12.7. The Hall–Kier alpha value is -2.44. The number of hydrogen-bond acceptors (Lipinski definition) is 6. The van der Waals surface area contributed by atoms with Gasteiger partial charge < -0.3 is 15.8 Å². The number of nitrogens with zero attached hydrogens (tertiary/aromatic N) is 3. The molecule has 18 heavy (non-hydrogen) atoms. The first-order chi connectivity index (χ1) is 8.67. The fourth-order valence-electron chi connectivity index (χ4n) is 1.28. The predicted octanol–water partition coefficient (Wildman–Crippen LogP) is 1.74. The molecule has 0 saturated heterocycles. The number of benzene rings is 1. The van der Waals surface area contributed by atoms with Gasteiger partial charge in [-0.05, 0) is 31.2 Å². The number of halogens is 1. The Morgan fingerprint density at radius 2 is 1.94 bits per heavy atom. The molecule has 0 aliphatic rings. The average molecular weight is 249 g/mol. The highest BCUT2D eigenvalue weighted by Crippen LogP contribution is 2.15. The minimum absolute atomic E-state index is 0.0538. The molecule has 1 aromatic heterocycles. The van der Waals surface area contributed by atoms with Gasteiger partial charge >= 0.3 is 6.01 Å². The summed E-state index contributed by atoms with van der Waals surface area (Å²) in [4.78, 5) is 11.7. The van der Waals surface area contributed by atoms with E-state index in [-0.39, 0.29) is 23.7 Å².